The number of hydrogen-bond donors (Lipinski definition) is 1. The molecule has 2 heterocycles. The molecule has 2 aliphatic rings. The van der Waals surface area contributed by atoms with Crippen LogP contribution in [-0.2, 0) is 0 Å². The van der Waals surface area contributed by atoms with Gasteiger partial charge in [0.05, 0.1) is 5.54 Å². The molecule has 17 heavy (non-hydrogen) atoms. The van der Waals surface area contributed by atoms with Gasteiger partial charge in [0.2, 0.25) is 0 Å². The summed E-state index contributed by atoms with van der Waals surface area (Å²) < 4.78 is 0. The zero-order valence-corrected chi connectivity index (χ0v) is 11.2. The summed E-state index contributed by atoms with van der Waals surface area (Å²) in [5, 5.41) is 3.36. The standard InChI is InChI=1S/C13H25N3O/c1-13(2)11-14-7-10-16(13)12(17)15-8-5-3-4-6-9-15/h14H,3-11H2,1-2H3. The van der Waals surface area contributed by atoms with Crippen molar-refractivity contribution in [2.75, 3.05) is 32.7 Å². The van der Waals surface area contributed by atoms with Gasteiger partial charge in [-0.3, -0.25) is 0 Å². The van der Waals surface area contributed by atoms with Gasteiger partial charge in [0.1, 0.15) is 0 Å². The summed E-state index contributed by atoms with van der Waals surface area (Å²) in [4.78, 5) is 16.7. The van der Waals surface area contributed by atoms with Crippen LogP contribution >= 0.6 is 0 Å². The quantitative estimate of drug-likeness (QED) is 0.698. The number of likely N-dealkylation sites (tertiary alicyclic amines) is 1. The van der Waals surface area contributed by atoms with Crippen LogP contribution in [0.4, 0.5) is 4.79 Å². The summed E-state index contributed by atoms with van der Waals surface area (Å²) in [6.07, 6.45) is 4.87. The molecule has 2 aliphatic heterocycles. The van der Waals surface area contributed by atoms with E-state index in [0.717, 1.165) is 45.6 Å². The van der Waals surface area contributed by atoms with Crippen molar-refractivity contribution in [3.05, 3.63) is 0 Å². The number of hydrogen-bond acceptors (Lipinski definition) is 2. The lowest BCUT2D eigenvalue weighted by atomic mass is 10.0. The second kappa shape index (κ2) is 5.25. The smallest absolute Gasteiger partial charge is 0.320 e. The van der Waals surface area contributed by atoms with Gasteiger partial charge < -0.3 is 15.1 Å². The Morgan fingerprint density at radius 1 is 1.06 bits per heavy atom. The van der Waals surface area contributed by atoms with Crippen molar-refractivity contribution in [1.29, 1.82) is 0 Å². The van der Waals surface area contributed by atoms with Crippen LogP contribution in [0.2, 0.25) is 0 Å². The monoisotopic (exact) mass is 239 g/mol. The van der Waals surface area contributed by atoms with E-state index in [4.69, 9.17) is 0 Å². The zero-order valence-electron chi connectivity index (χ0n) is 11.2. The van der Waals surface area contributed by atoms with Crippen molar-refractivity contribution in [2.24, 2.45) is 0 Å². The van der Waals surface area contributed by atoms with Crippen molar-refractivity contribution in [2.45, 2.75) is 45.1 Å². The van der Waals surface area contributed by atoms with Gasteiger partial charge in [-0.2, -0.15) is 0 Å². The Morgan fingerprint density at radius 2 is 1.71 bits per heavy atom. The minimum atomic E-state index is -0.0539. The predicted molar refractivity (Wildman–Crippen MR) is 69.1 cm³/mol. The molecular formula is C13H25N3O. The second-order valence-corrected chi connectivity index (χ2v) is 5.82. The molecule has 2 rings (SSSR count). The third-order valence-corrected chi connectivity index (χ3v) is 3.91. The number of piperazine rings is 1. The summed E-state index contributed by atoms with van der Waals surface area (Å²) in [5.41, 5.74) is -0.0539. The third kappa shape index (κ3) is 2.92. The normalized spacial score (nSPS) is 25.5. The van der Waals surface area contributed by atoms with Crippen LogP contribution in [0.3, 0.4) is 0 Å². The highest BCUT2D eigenvalue weighted by molar-refractivity contribution is 5.75. The summed E-state index contributed by atoms with van der Waals surface area (Å²) >= 11 is 0. The molecule has 0 bridgehead atoms. The van der Waals surface area contributed by atoms with Gasteiger partial charge in [0.25, 0.3) is 0 Å². The van der Waals surface area contributed by atoms with E-state index in [-0.39, 0.29) is 11.6 Å². The molecule has 0 spiro atoms. The van der Waals surface area contributed by atoms with Gasteiger partial charge in [0, 0.05) is 32.7 Å². The molecule has 1 N–H and O–H groups in total. The fraction of sp³-hybridized carbons (Fsp3) is 0.923. The average molecular weight is 239 g/mol. The van der Waals surface area contributed by atoms with Gasteiger partial charge in [-0.05, 0) is 26.7 Å². The molecule has 0 unspecified atom stereocenters. The first-order valence-corrected chi connectivity index (χ1v) is 6.88. The molecule has 0 aromatic carbocycles. The van der Waals surface area contributed by atoms with Gasteiger partial charge >= 0.3 is 6.03 Å². The predicted octanol–water partition coefficient (Wildman–Crippen LogP) is 1.67. The van der Waals surface area contributed by atoms with E-state index in [1.54, 1.807) is 0 Å². The van der Waals surface area contributed by atoms with Gasteiger partial charge in [0.15, 0.2) is 0 Å². The maximum absolute atomic E-state index is 12.5. The van der Waals surface area contributed by atoms with Gasteiger partial charge in [-0.15, -0.1) is 0 Å². The molecule has 2 saturated heterocycles. The highest BCUT2D eigenvalue weighted by Crippen LogP contribution is 2.20. The van der Waals surface area contributed by atoms with E-state index >= 15 is 0 Å². The number of carbonyl (C=O) groups excluding carboxylic acids is 1. The minimum Gasteiger partial charge on any atom is -0.325 e. The Balaban J connectivity index is 2.01. The molecule has 0 aromatic heterocycles. The fourth-order valence-corrected chi connectivity index (χ4v) is 2.77. The average Bonchev–Trinajstić information content (AvgIpc) is 2.56. The zero-order chi connectivity index (χ0) is 12.3. The van der Waals surface area contributed by atoms with Crippen LogP contribution in [0.15, 0.2) is 0 Å². The lowest BCUT2D eigenvalue weighted by Crippen LogP contribution is -2.62. The number of nitrogens with zero attached hydrogens (tertiary/aromatic N) is 2. The van der Waals surface area contributed by atoms with Crippen molar-refractivity contribution in [3.63, 3.8) is 0 Å². The van der Waals surface area contributed by atoms with Gasteiger partial charge in [-0.1, -0.05) is 12.8 Å². The van der Waals surface area contributed by atoms with E-state index in [1.807, 2.05) is 0 Å². The molecule has 4 nitrogen and oxygen atoms in total. The van der Waals surface area contributed by atoms with Crippen LogP contribution in [0, 0.1) is 0 Å². The first-order valence-electron chi connectivity index (χ1n) is 6.88. The summed E-state index contributed by atoms with van der Waals surface area (Å²) in [6.45, 7) is 8.83. The van der Waals surface area contributed by atoms with E-state index < -0.39 is 0 Å². The van der Waals surface area contributed by atoms with E-state index in [1.165, 1.54) is 12.8 Å². The molecular weight excluding hydrogens is 214 g/mol. The highest BCUT2D eigenvalue weighted by atomic mass is 16.2. The molecule has 0 atom stereocenters. The highest BCUT2D eigenvalue weighted by Gasteiger charge is 2.35. The number of urea groups is 1. The van der Waals surface area contributed by atoms with E-state index in [2.05, 4.69) is 29.0 Å². The minimum absolute atomic E-state index is 0.0539. The molecule has 0 saturated carbocycles. The molecule has 4 heteroatoms. The SMILES string of the molecule is CC1(C)CNCCN1C(=O)N1CCCCCC1. The molecule has 98 valence electrons. The number of carbonyl (C=O) groups is 1. The van der Waals surface area contributed by atoms with Crippen LogP contribution < -0.4 is 5.32 Å². The first-order chi connectivity index (χ1) is 8.11. The largest absolute Gasteiger partial charge is 0.325 e. The lowest BCUT2D eigenvalue weighted by Gasteiger charge is -2.44. The van der Waals surface area contributed by atoms with Crippen molar-refractivity contribution in [1.82, 2.24) is 15.1 Å². The Kier molecular flexibility index (Phi) is 3.92. The third-order valence-electron chi connectivity index (χ3n) is 3.91. The van der Waals surface area contributed by atoms with Crippen LogP contribution in [0.5, 0.6) is 0 Å². The second-order valence-electron chi connectivity index (χ2n) is 5.82. The number of rotatable bonds is 0. The Bertz CT molecular complexity index is 270. The lowest BCUT2D eigenvalue weighted by molar-refractivity contribution is 0.0855. The maximum atomic E-state index is 12.5. The van der Waals surface area contributed by atoms with E-state index in [0.29, 0.717) is 0 Å². The molecule has 2 amide bonds. The van der Waals surface area contributed by atoms with E-state index in [9.17, 15) is 4.79 Å². The van der Waals surface area contributed by atoms with Gasteiger partial charge in [-0.25, -0.2) is 4.79 Å². The maximum Gasteiger partial charge on any atom is 0.320 e. The molecule has 0 aromatic rings. The number of nitrogens with one attached hydrogen (secondary N) is 1. The van der Waals surface area contributed by atoms with Crippen LogP contribution in [-0.4, -0.2) is 54.1 Å². The van der Waals surface area contributed by atoms with Crippen LogP contribution in [0.25, 0.3) is 0 Å². The topological polar surface area (TPSA) is 35.6 Å². The Labute approximate surface area is 104 Å². The van der Waals surface area contributed by atoms with Crippen molar-refractivity contribution >= 4 is 6.03 Å². The van der Waals surface area contributed by atoms with Crippen molar-refractivity contribution < 1.29 is 4.79 Å². The summed E-state index contributed by atoms with van der Waals surface area (Å²) in [7, 11) is 0. The summed E-state index contributed by atoms with van der Waals surface area (Å²) in [6, 6.07) is 0.249. The molecule has 0 aliphatic carbocycles. The Morgan fingerprint density at radius 3 is 2.29 bits per heavy atom. The fourth-order valence-electron chi connectivity index (χ4n) is 2.77. The summed E-state index contributed by atoms with van der Waals surface area (Å²) in [5.74, 6) is 0. The Hall–Kier alpha value is -0.770. The van der Waals surface area contributed by atoms with Crippen molar-refractivity contribution in [3.8, 4) is 0 Å². The first kappa shape index (κ1) is 12.7. The molecule has 2 fully saturated rings. The van der Waals surface area contributed by atoms with Crippen LogP contribution in [0.1, 0.15) is 39.5 Å². The number of amides is 2. The molecule has 0 radical (unpaired) electrons.